The maximum Gasteiger partial charge on any atom is 0.294 e. The zero-order chi connectivity index (χ0) is 27.6. The lowest BCUT2D eigenvalue weighted by atomic mass is 10.0. The minimum atomic E-state index is -4.54. The van der Waals surface area contributed by atoms with E-state index in [0.29, 0.717) is 33.8 Å². The van der Waals surface area contributed by atoms with Crippen molar-refractivity contribution < 1.29 is 27.6 Å². The molecule has 9 nitrogen and oxygen atoms in total. The summed E-state index contributed by atoms with van der Waals surface area (Å²) in [5, 5.41) is 23.4. The molecule has 12 heteroatoms. The summed E-state index contributed by atoms with van der Waals surface area (Å²) in [5.41, 5.74) is 0.312. The number of amides is 1. The zero-order valence-electron chi connectivity index (χ0n) is 20.1. The Morgan fingerprint density at radius 1 is 1.05 bits per heavy atom. The lowest BCUT2D eigenvalue weighted by Gasteiger charge is -2.14. The molecule has 4 aromatic carbocycles. The number of anilines is 1. The number of nitrogens with one attached hydrogen (secondary N) is 1. The summed E-state index contributed by atoms with van der Waals surface area (Å²) in [6, 6.07) is 15.5. The lowest BCUT2D eigenvalue weighted by Crippen LogP contribution is -2.13. The smallest absolute Gasteiger partial charge is 0.294 e. The molecule has 0 aliphatic heterocycles. The highest BCUT2D eigenvalue weighted by molar-refractivity contribution is 7.85. The molecular formula is C26H21Cl2N3O6S. The molecule has 0 heterocycles. The summed E-state index contributed by atoms with van der Waals surface area (Å²) in [7, 11) is -4.54. The molecule has 0 saturated heterocycles. The zero-order valence-corrected chi connectivity index (χ0v) is 22.4. The van der Waals surface area contributed by atoms with E-state index in [1.165, 1.54) is 25.1 Å². The number of azo groups is 1. The predicted octanol–water partition coefficient (Wildman–Crippen LogP) is 7.47. The van der Waals surface area contributed by atoms with Crippen LogP contribution in [0.1, 0.15) is 22.8 Å². The molecule has 0 radical (unpaired) electrons. The van der Waals surface area contributed by atoms with Crippen molar-refractivity contribution in [3.05, 3.63) is 81.8 Å². The average Bonchev–Trinajstić information content (AvgIpc) is 2.85. The van der Waals surface area contributed by atoms with E-state index in [1.807, 2.05) is 0 Å². The fraction of sp³-hybridized carbons (Fsp3) is 0.115. The van der Waals surface area contributed by atoms with Crippen molar-refractivity contribution in [2.45, 2.75) is 18.7 Å². The van der Waals surface area contributed by atoms with Gasteiger partial charge in [0.2, 0.25) is 0 Å². The number of phenolic OH excluding ortho intramolecular Hbond substituents is 1. The van der Waals surface area contributed by atoms with Crippen LogP contribution in [0.2, 0.25) is 10.0 Å². The molecule has 4 rings (SSSR count). The number of fused-ring (bicyclic) bond motifs is 1. The number of hydrogen-bond donors (Lipinski definition) is 3. The van der Waals surface area contributed by atoms with E-state index in [1.54, 1.807) is 43.3 Å². The average molecular weight is 574 g/mol. The number of rotatable bonds is 7. The fourth-order valence-corrected chi connectivity index (χ4v) is 4.92. The Morgan fingerprint density at radius 3 is 2.50 bits per heavy atom. The number of ether oxygens (including phenoxy) is 1. The number of carbonyl (C=O) groups is 1. The Morgan fingerprint density at radius 2 is 1.79 bits per heavy atom. The summed E-state index contributed by atoms with van der Waals surface area (Å²) in [5.74, 6) is -0.729. The second-order valence-corrected chi connectivity index (χ2v) is 10.3. The summed E-state index contributed by atoms with van der Waals surface area (Å²) >= 11 is 12.3. The monoisotopic (exact) mass is 573 g/mol. The van der Waals surface area contributed by atoms with E-state index in [9.17, 15) is 22.9 Å². The molecule has 0 aliphatic carbocycles. The van der Waals surface area contributed by atoms with Gasteiger partial charge in [0.1, 0.15) is 17.1 Å². The maximum absolute atomic E-state index is 13.3. The first-order valence-corrected chi connectivity index (χ1v) is 13.4. The van der Waals surface area contributed by atoms with Gasteiger partial charge in [0.25, 0.3) is 16.0 Å². The maximum atomic E-state index is 13.3. The molecule has 0 aliphatic rings. The van der Waals surface area contributed by atoms with Gasteiger partial charge in [-0.3, -0.25) is 9.35 Å². The number of nitrogens with zero attached hydrogens (tertiary/aromatic N) is 2. The van der Waals surface area contributed by atoms with Crippen molar-refractivity contribution in [3.8, 4) is 11.5 Å². The van der Waals surface area contributed by atoms with Crippen LogP contribution in [0.3, 0.4) is 0 Å². The van der Waals surface area contributed by atoms with Gasteiger partial charge < -0.3 is 15.2 Å². The molecule has 38 heavy (non-hydrogen) atoms. The van der Waals surface area contributed by atoms with E-state index in [2.05, 4.69) is 15.5 Å². The third-order valence-corrected chi connectivity index (χ3v) is 7.04. The van der Waals surface area contributed by atoms with Gasteiger partial charge in [0.05, 0.1) is 27.8 Å². The highest BCUT2D eigenvalue weighted by Gasteiger charge is 2.21. The third kappa shape index (κ3) is 5.73. The van der Waals surface area contributed by atoms with Crippen LogP contribution in [0.5, 0.6) is 11.5 Å². The van der Waals surface area contributed by atoms with Gasteiger partial charge in [-0.1, -0.05) is 47.5 Å². The second kappa shape index (κ2) is 11.0. The van der Waals surface area contributed by atoms with Crippen molar-refractivity contribution in [2.24, 2.45) is 10.2 Å². The van der Waals surface area contributed by atoms with E-state index >= 15 is 0 Å². The predicted molar refractivity (Wildman–Crippen MR) is 146 cm³/mol. The number of halogens is 2. The van der Waals surface area contributed by atoms with E-state index in [0.717, 1.165) is 6.07 Å². The molecule has 0 atom stereocenters. The second-order valence-electron chi connectivity index (χ2n) is 8.11. The highest BCUT2D eigenvalue weighted by atomic mass is 35.5. The number of hydrogen-bond acceptors (Lipinski definition) is 7. The highest BCUT2D eigenvalue weighted by Crippen LogP contribution is 2.41. The van der Waals surface area contributed by atoms with Gasteiger partial charge in [-0.05, 0) is 61.2 Å². The topological polar surface area (TPSA) is 138 Å². The molecule has 0 spiro atoms. The van der Waals surface area contributed by atoms with Crippen LogP contribution in [0.15, 0.2) is 75.8 Å². The first kappa shape index (κ1) is 27.3. The molecule has 3 N–H and O–H groups in total. The summed E-state index contributed by atoms with van der Waals surface area (Å²) in [6.45, 7) is 3.62. The molecule has 0 aromatic heterocycles. The SMILES string of the molecule is CCOc1ccc(Cl)cc1NC(=O)c1cc2ccccc2c(N=Nc2cc(S(=O)(=O)O)c(C)cc2Cl)c1O. The molecule has 0 fully saturated rings. The normalized spacial score (nSPS) is 11.7. The van der Waals surface area contributed by atoms with Gasteiger partial charge in [-0.2, -0.15) is 8.42 Å². The molecular weight excluding hydrogens is 553 g/mol. The molecule has 196 valence electrons. The molecule has 1 amide bonds. The Balaban J connectivity index is 1.81. The lowest BCUT2D eigenvalue weighted by molar-refractivity contribution is 0.102. The number of benzene rings is 4. The molecule has 0 unspecified atom stereocenters. The largest absolute Gasteiger partial charge is 0.505 e. The standard InChI is InChI=1S/C26H21Cl2N3O6S/c1-3-37-22-9-8-16(27)12-21(22)29-26(33)18-11-15-6-4-5-7-17(15)24(25(18)32)31-30-20-13-23(38(34,35)36)14(2)10-19(20)28/h4-13,32H,3H2,1-2H3,(H,29,33)(H,34,35,36). The summed E-state index contributed by atoms with van der Waals surface area (Å²) in [6.07, 6.45) is 0. The molecule has 0 bridgehead atoms. The van der Waals surface area contributed by atoms with Gasteiger partial charge in [0, 0.05) is 10.4 Å². The molecule has 4 aromatic rings. The van der Waals surface area contributed by atoms with E-state index in [4.69, 9.17) is 27.9 Å². The van der Waals surface area contributed by atoms with E-state index < -0.39 is 21.8 Å². The van der Waals surface area contributed by atoms with Gasteiger partial charge >= 0.3 is 0 Å². The van der Waals surface area contributed by atoms with Crippen LogP contribution in [0.4, 0.5) is 17.1 Å². The van der Waals surface area contributed by atoms with Crippen molar-refractivity contribution in [2.75, 3.05) is 11.9 Å². The van der Waals surface area contributed by atoms with Crippen LogP contribution in [0.25, 0.3) is 10.8 Å². The Hall–Kier alpha value is -3.70. The first-order valence-electron chi connectivity index (χ1n) is 11.2. The third-order valence-electron chi connectivity index (χ3n) is 5.51. The number of carbonyl (C=O) groups excluding carboxylic acids is 1. The van der Waals surface area contributed by atoms with Crippen molar-refractivity contribution >= 4 is 67.1 Å². The van der Waals surface area contributed by atoms with Crippen LogP contribution in [-0.4, -0.2) is 30.6 Å². The summed E-state index contributed by atoms with van der Waals surface area (Å²) in [4.78, 5) is 12.9. The number of aromatic hydroxyl groups is 1. The minimum absolute atomic E-state index is 0.0468. The first-order chi connectivity index (χ1) is 18.0. The Bertz CT molecular complexity index is 1710. The van der Waals surface area contributed by atoms with Crippen LogP contribution >= 0.6 is 23.2 Å². The molecule has 0 saturated carbocycles. The van der Waals surface area contributed by atoms with Crippen molar-refractivity contribution in [1.29, 1.82) is 0 Å². The number of aryl methyl sites for hydroxylation is 1. The summed E-state index contributed by atoms with van der Waals surface area (Å²) < 4.78 is 38.5. The Labute approximate surface area is 228 Å². The fourth-order valence-electron chi connectivity index (χ4n) is 3.76. The van der Waals surface area contributed by atoms with Gasteiger partial charge in [-0.15, -0.1) is 10.2 Å². The van der Waals surface area contributed by atoms with Crippen LogP contribution in [-0.2, 0) is 10.1 Å². The van der Waals surface area contributed by atoms with Crippen LogP contribution < -0.4 is 10.1 Å². The van der Waals surface area contributed by atoms with Gasteiger partial charge in [0.15, 0.2) is 5.75 Å². The Kier molecular flexibility index (Phi) is 7.89. The van der Waals surface area contributed by atoms with Crippen molar-refractivity contribution in [1.82, 2.24) is 0 Å². The minimum Gasteiger partial charge on any atom is -0.505 e. The van der Waals surface area contributed by atoms with Crippen LogP contribution in [0, 0.1) is 6.92 Å². The van der Waals surface area contributed by atoms with Crippen molar-refractivity contribution in [3.63, 3.8) is 0 Å². The van der Waals surface area contributed by atoms with Gasteiger partial charge in [-0.25, -0.2) is 0 Å². The quantitative estimate of drug-likeness (QED) is 0.155. The number of phenols is 1. The van der Waals surface area contributed by atoms with E-state index in [-0.39, 0.29) is 32.4 Å².